The lowest BCUT2D eigenvalue weighted by Gasteiger charge is -2.35. The predicted molar refractivity (Wildman–Crippen MR) is 92.5 cm³/mol. The summed E-state index contributed by atoms with van der Waals surface area (Å²) in [7, 11) is -3.68. The molecule has 0 aromatic heterocycles. The average molecular weight is 345 g/mol. The number of carbonyl (C=O) groups is 1. The molecule has 1 fully saturated rings. The third kappa shape index (κ3) is 2.19. The van der Waals surface area contributed by atoms with Crippen molar-refractivity contribution in [1.29, 1.82) is 0 Å². The highest BCUT2D eigenvalue weighted by atomic mass is 32.2. The van der Waals surface area contributed by atoms with Crippen LogP contribution in [-0.4, -0.2) is 51.4 Å². The smallest absolute Gasteiger partial charge is 0.265 e. The molecule has 6 nitrogen and oxygen atoms in total. The fourth-order valence-corrected chi connectivity index (χ4v) is 5.21. The first-order valence-corrected chi connectivity index (χ1v) is 9.49. The second kappa shape index (κ2) is 5.46. The summed E-state index contributed by atoms with van der Waals surface area (Å²) in [5.41, 5.74) is 0.597. The van der Waals surface area contributed by atoms with E-state index in [0.717, 1.165) is 18.5 Å². The van der Waals surface area contributed by atoms with E-state index in [9.17, 15) is 13.2 Å². The number of nitrogens with one attached hydrogen (secondary N) is 1. The Labute approximate surface area is 141 Å². The first-order chi connectivity index (χ1) is 11.5. The molecule has 126 valence electrons. The minimum absolute atomic E-state index is 0.0646. The summed E-state index contributed by atoms with van der Waals surface area (Å²) in [6.07, 6.45) is 0. The highest BCUT2D eigenvalue weighted by Crippen LogP contribution is 2.41. The summed E-state index contributed by atoms with van der Waals surface area (Å²) in [5, 5.41) is 4.82. The molecule has 2 aliphatic heterocycles. The van der Waals surface area contributed by atoms with E-state index in [1.54, 1.807) is 23.1 Å². The van der Waals surface area contributed by atoms with Crippen molar-refractivity contribution in [1.82, 2.24) is 10.2 Å². The van der Waals surface area contributed by atoms with Gasteiger partial charge in [0.2, 0.25) is 5.91 Å². The number of carbonyl (C=O) groups excluding carboxylic acids is 1. The number of hydrogen-bond donors (Lipinski definition) is 1. The standard InChI is InChI=1S/C17H19N3O3S/c1-12-10-18-8-9-19(12)16(21)11-20-14-6-2-4-13-5-3-7-15(17(13)14)24(20,22)23/h2-7,12,18H,8-11H2,1H3/t12-/m1/s1. The van der Waals surface area contributed by atoms with Crippen LogP contribution in [0.15, 0.2) is 41.3 Å². The minimum Gasteiger partial charge on any atom is -0.336 e. The summed E-state index contributed by atoms with van der Waals surface area (Å²) in [6, 6.07) is 10.8. The number of piperazine rings is 1. The van der Waals surface area contributed by atoms with E-state index in [1.165, 1.54) is 4.31 Å². The first-order valence-electron chi connectivity index (χ1n) is 8.05. The van der Waals surface area contributed by atoms with E-state index in [1.807, 2.05) is 25.1 Å². The third-order valence-corrected chi connectivity index (χ3v) is 6.58. The molecule has 2 aromatic carbocycles. The Bertz CT molecular complexity index is 921. The molecule has 2 heterocycles. The summed E-state index contributed by atoms with van der Waals surface area (Å²) < 4.78 is 27.1. The third-order valence-electron chi connectivity index (χ3n) is 4.78. The van der Waals surface area contributed by atoms with Crippen molar-refractivity contribution in [2.75, 3.05) is 30.5 Å². The van der Waals surface area contributed by atoms with Crippen molar-refractivity contribution in [2.45, 2.75) is 17.9 Å². The number of anilines is 1. The second-order valence-corrected chi connectivity index (χ2v) is 8.11. The van der Waals surface area contributed by atoms with E-state index in [4.69, 9.17) is 0 Å². The SMILES string of the molecule is C[C@@H]1CNCCN1C(=O)CN1c2cccc3cccc(c23)S1(=O)=O. The summed E-state index contributed by atoms with van der Waals surface area (Å²) in [4.78, 5) is 14.8. The van der Waals surface area contributed by atoms with Crippen molar-refractivity contribution >= 4 is 32.4 Å². The monoisotopic (exact) mass is 345 g/mol. The molecule has 0 unspecified atom stereocenters. The Morgan fingerprint density at radius 3 is 2.75 bits per heavy atom. The Hall–Kier alpha value is -2.12. The molecule has 7 heteroatoms. The van der Waals surface area contributed by atoms with Gasteiger partial charge >= 0.3 is 0 Å². The fourth-order valence-electron chi connectivity index (χ4n) is 3.55. The number of rotatable bonds is 2. The molecule has 1 N–H and O–H groups in total. The van der Waals surface area contributed by atoms with Gasteiger partial charge in [-0.3, -0.25) is 9.10 Å². The van der Waals surface area contributed by atoms with Crippen LogP contribution >= 0.6 is 0 Å². The molecule has 4 rings (SSSR count). The number of nitrogens with zero attached hydrogens (tertiary/aromatic N) is 2. The lowest BCUT2D eigenvalue weighted by molar-refractivity contribution is -0.132. The predicted octanol–water partition coefficient (Wildman–Crippen LogP) is 1.17. The quantitative estimate of drug-likeness (QED) is 0.887. The molecule has 2 aliphatic rings. The van der Waals surface area contributed by atoms with Crippen LogP contribution in [0.1, 0.15) is 6.92 Å². The maximum Gasteiger partial charge on any atom is 0.265 e. The van der Waals surface area contributed by atoms with Crippen LogP contribution in [0.4, 0.5) is 5.69 Å². The molecule has 1 atom stereocenters. The summed E-state index contributed by atoms with van der Waals surface area (Å²) in [6.45, 7) is 3.89. The average Bonchev–Trinajstić information content (AvgIpc) is 2.79. The molecule has 0 spiro atoms. The van der Waals surface area contributed by atoms with E-state index in [2.05, 4.69) is 5.32 Å². The molecule has 1 saturated heterocycles. The summed E-state index contributed by atoms with van der Waals surface area (Å²) in [5.74, 6) is -0.155. The Kier molecular flexibility index (Phi) is 3.51. The Balaban J connectivity index is 1.72. The zero-order valence-electron chi connectivity index (χ0n) is 13.4. The van der Waals surface area contributed by atoms with Gasteiger partial charge in [-0.15, -0.1) is 0 Å². The zero-order valence-corrected chi connectivity index (χ0v) is 14.2. The first kappa shape index (κ1) is 15.4. The molecule has 0 bridgehead atoms. The number of benzene rings is 2. The maximum atomic E-state index is 12.9. The van der Waals surface area contributed by atoms with Crippen molar-refractivity contribution < 1.29 is 13.2 Å². The van der Waals surface area contributed by atoms with Crippen LogP contribution in [0.25, 0.3) is 10.8 Å². The van der Waals surface area contributed by atoms with E-state index >= 15 is 0 Å². The minimum atomic E-state index is -3.68. The lowest BCUT2D eigenvalue weighted by Crippen LogP contribution is -2.54. The zero-order chi connectivity index (χ0) is 16.9. The van der Waals surface area contributed by atoms with E-state index < -0.39 is 10.0 Å². The molecular weight excluding hydrogens is 326 g/mol. The summed E-state index contributed by atoms with van der Waals surface area (Å²) >= 11 is 0. The van der Waals surface area contributed by atoms with Gasteiger partial charge in [0.15, 0.2) is 0 Å². The molecule has 2 aromatic rings. The van der Waals surface area contributed by atoms with Crippen LogP contribution in [0, 0.1) is 0 Å². The fraction of sp³-hybridized carbons (Fsp3) is 0.353. The van der Waals surface area contributed by atoms with E-state index in [-0.39, 0.29) is 23.4 Å². The largest absolute Gasteiger partial charge is 0.336 e. The van der Waals surface area contributed by atoms with Gasteiger partial charge < -0.3 is 10.2 Å². The topological polar surface area (TPSA) is 69.7 Å². The molecule has 0 saturated carbocycles. The van der Waals surface area contributed by atoms with Gasteiger partial charge in [0.1, 0.15) is 6.54 Å². The maximum absolute atomic E-state index is 12.9. The van der Waals surface area contributed by atoms with Gasteiger partial charge in [-0.25, -0.2) is 8.42 Å². The van der Waals surface area contributed by atoms with Gasteiger partial charge in [-0.2, -0.15) is 0 Å². The van der Waals surface area contributed by atoms with Gasteiger partial charge in [0, 0.05) is 31.1 Å². The Morgan fingerprint density at radius 1 is 1.25 bits per heavy atom. The molecule has 0 aliphatic carbocycles. The number of hydrogen-bond acceptors (Lipinski definition) is 4. The number of sulfonamides is 1. The van der Waals surface area contributed by atoms with Crippen LogP contribution < -0.4 is 9.62 Å². The Morgan fingerprint density at radius 2 is 2.00 bits per heavy atom. The molecule has 1 amide bonds. The van der Waals surface area contributed by atoms with Gasteiger partial charge in [-0.05, 0) is 24.4 Å². The van der Waals surface area contributed by atoms with Crippen LogP contribution in [0.2, 0.25) is 0 Å². The highest BCUT2D eigenvalue weighted by molar-refractivity contribution is 7.93. The van der Waals surface area contributed by atoms with Crippen molar-refractivity contribution in [3.05, 3.63) is 36.4 Å². The van der Waals surface area contributed by atoms with Crippen LogP contribution in [-0.2, 0) is 14.8 Å². The van der Waals surface area contributed by atoms with Gasteiger partial charge in [0.25, 0.3) is 10.0 Å². The number of amides is 1. The van der Waals surface area contributed by atoms with Gasteiger partial charge in [0.05, 0.1) is 10.6 Å². The lowest BCUT2D eigenvalue weighted by atomic mass is 10.1. The van der Waals surface area contributed by atoms with Gasteiger partial charge in [-0.1, -0.05) is 24.3 Å². The molecular formula is C17H19N3O3S. The second-order valence-electron chi connectivity index (χ2n) is 6.28. The van der Waals surface area contributed by atoms with Crippen LogP contribution in [0.3, 0.4) is 0 Å². The van der Waals surface area contributed by atoms with Crippen molar-refractivity contribution in [3.63, 3.8) is 0 Å². The van der Waals surface area contributed by atoms with Crippen molar-refractivity contribution in [2.24, 2.45) is 0 Å². The highest BCUT2D eigenvalue weighted by Gasteiger charge is 2.38. The van der Waals surface area contributed by atoms with Crippen LogP contribution in [0.5, 0.6) is 0 Å². The molecule has 0 radical (unpaired) electrons. The van der Waals surface area contributed by atoms with Crippen molar-refractivity contribution in [3.8, 4) is 0 Å². The van der Waals surface area contributed by atoms with E-state index in [0.29, 0.717) is 17.6 Å². The molecule has 24 heavy (non-hydrogen) atoms. The normalized spacial score (nSPS) is 22.1.